The molecule has 1 N–H and O–H groups in total. The minimum atomic E-state index is -0.910. The van der Waals surface area contributed by atoms with E-state index in [0.717, 1.165) is 5.56 Å². The number of nitrogens with zero attached hydrogens (tertiary/aromatic N) is 1. The number of carbonyl (C=O) groups excluding carboxylic acids is 1. The van der Waals surface area contributed by atoms with E-state index < -0.39 is 18.1 Å². The summed E-state index contributed by atoms with van der Waals surface area (Å²) in [5, 5.41) is 4.08. The Balaban J connectivity index is 1.54. The second-order valence-corrected chi connectivity index (χ2v) is 6.78. The molecular formula is C24H22N2O5. The van der Waals surface area contributed by atoms with Crippen LogP contribution in [0, 0.1) is 0 Å². The van der Waals surface area contributed by atoms with Crippen molar-refractivity contribution in [1.82, 2.24) is 5.43 Å². The first-order chi connectivity index (χ1) is 15.2. The molecule has 31 heavy (non-hydrogen) atoms. The van der Waals surface area contributed by atoms with Gasteiger partial charge in [-0.05, 0) is 29.8 Å². The Morgan fingerprint density at radius 1 is 0.935 bits per heavy atom. The first kappa shape index (κ1) is 20.3. The van der Waals surface area contributed by atoms with Gasteiger partial charge in [-0.3, -0.25) is 4.79 Å². The number of ether oxygens (including phenoxy) is 4. The topological polar surface area (TPSA) is 78.4 Å². The smallest absolute Gasteiger partial charge is 0.285 e. The van der Waals surface area contributed by atoms with Gasteiger partial charge < -0.3 is 18.9 Å². The largest absolute Gasteiger partial charge is 0.497 e. The van der Waals surface area contributed by atoms with E-state index >= 15 is 0 Å². The van der Waals surface area contributed by atoms with Crippen molar-refractivity contribution in [2.24, 2.45) is 5.10 Å². The maximum atomic E-state index is 13.0. The summed E-state index contributed by atoms with van der Waals surface area (Å²) in [4.78, 5) is 13.0. The molecule has 0 saturated carbocycles. The van der Waals surface area contributed by atoms with Crippen molar-refractivity contribution in [3.05, 3.63) is 83.9 Å². The molecule has 0 spiro atoms. The van der Waals surface area contributed by atoms with E-state index in [9.17, 15) is 4.79 Å². The zero-order valence-electron chi connectivity index (χ0n) is 17.1. The Kier molecular flexibility index (Phi) is 6.03. The number of fused-ring (bicyclic) bond motifs is 1. The lowest BCUT2D eigenvalue weighted by Crippen LogP contribution is -2.44. The van der Waals surface area contributed by atoms with Crippen molar-refractivity contribution in [2.75, 3.05) is 14.2 Å². The molecule has 3 aromatic rings. The third-order valence-electron chi connectivity index (χ3n) is 4.84. The summed E-state index contributed by atoms with van der Waals surface area (Å²) in [6.45, 7) is 0. The van der Waals surface area contributed by atoms with Crippen LogP contribution in [0.1, 0.15) is 17.2 Å². The molecule has 0 radical (unpaired) electrons. The van der Waals surface area contributed by atoms with Gasteiger partial charge in [0.25, 0.3) is 5.91 Å². The number of rotatable bonds is 6. The fourth-order valence-electron chi connectivity index (χ4n) is 3.27. The van der Waals surface area contributed by atoms with Crippen molar-refractivity contribution >= 4 is 12.1 Å². The van der Waals surface area contributed by atoms with Gasteiger partial charge in [0.2, 0.25) is 6.10 Å². The van der Waals surface area contributed by atoms with Gasteiger partial charge in [-0.1, -0.05) is 42.5 Å². The minimum Gasteiger partial charge on any atom is -0.497 e. The van der Waals surface area contributed by atoms with Gasteiger partial charge in [0.05, 0.1) is 20.4 Å². The lowest BCUT2D eigenvalue weighted by molar-refractivity contribution is -0.134. The molecule has 0 saturated heterocycles. The van der Waals surface area contributed by atoms with Gasteiger partial charge in [0.15, 0.2) is 17.6 Å². The van der Waals surface area contributed by atoms with E-state index in [1.807, 2.05) is 48.5 Å². The normalized spacial score (nSPS) is 17.2. The third kappa shape index (κ3) is 4.45. The summed E-state index contributed by atoms with van der Waals surface area (Å²) in [5.41, 5.74) is 4.07. The number of hydrogen-bond donors (Lipinski definition) is 1. The van der Waals surface area contributed by atoms with E-state index in [1.165, 1.54) is 6.21 Å². The lowest BCUT2D eigenvalue weighted by Gasteiger charge is -2.32. The number of hydrazone groups is 1. The molecule has 0 fully saturated rings. The second kappa shape index (κ2) is 9.21. The van der Waals surface area contributed by atoms with E-state index in [-0.39, 0.29) is 0 Å². The summed E-state index contributed by atoms with van der Waals surface area (Å²) < 4.78 is 22.6. The van der Waals surface area contributed by atoms with Crippen molar-refractivity contribution in [1.29, 1.82) is 0 Å². The maximum Gasteiger partial charge on any atom is 0.285 e. The van der Waals surface area contributed by atoms with Crippen LogP contribution in [-0.2, 0) is 4.79 Å². The number of benzene rings is 3. The van der Waals surface area contributed by atoms with E-state index in [0.29, 0.717) is 28.6 Å². The Morgan fingerprint density at radius 2 is 1.65 bits per heavy atom. The summed E-state index contributed by atoms with van der Waals surface area (Å²) in [6.07, 6.45) is -0.0141. The second-order valence-electron chi connectivity index (χ2n) is 6.78. The zero-order valence-corrected chi connectivity index (χ0v) is 17.1. The van der Waals surface area contributed by atoms with Gasteiger partial charge in [0.1, 0.15) is 11.5 Å². The van der Waals surface area contributed by atoms with Gasteiger partial charge in [-0.25, -0.2) is 5.43 Å². The van der Waals surface area contributed by atoms with E-state index in [2.05, 4.69) is 10.5 Å². The highest BCUT2D eigenvalue weighted by Gasteiger charge is 2.38. The minimum absolute atomic E-state index is 0.424. The first-order valence-electron chi connectivity index (χ1n) is 9.72. The lowest BCUT2D eigenvalue weighted by atomic mass is 10.0. The average Bonchev–Trinajstić information content (AvgIpc) is 2.83. The van der Waals surface area contributed by atoms with Crippen LogP contribution < -0.4 is 24.4 Å². The number of amides is 1. The molecule has 4 rings (SSSR count). The first-order valence-corrected chi connectivity index (χ1v) is 9.72. The number of hydrogen-bond acceptors (Lipinski definition) is 6. The molecule has 1 aliphatic rings. The van der Waals surface area contributed by atoms with Crippen LogP contribution in [-0.4, -0.2) is 32.4 Å². The third-order valence-corrected chi connectivity index (χ3v) is 4.84. The van der Waals surface area contributed by atoms with Crippen molar-refractivity contribution < 1.29 is 23.7 Å². The summed E-state index contributed by atoms with van der Waals surface area (Å²) >= 11 is 0. The SMILES string of the molecule is COc1ccc(/C=N\NC(=O)[C@H]2Oc3ccccc3O[C@H]2c2ccccc2)c(OC)c1. The molecule has 1 amide bonds. The van der Waals surface area contributed by atoms with Crippen LogP contribution >= 0.6 is 0 Å². The highest BCUT2D eigenvalue weighted by Crippen LogP contribution is 2.39. The Hall–Kier alpha value is -4.00. The molecule has 0 bridgehead atoms. The molecular weight excluding hydrogens is 396 g/mol. The van der Waals surface area contributed by atoms with Crippen LogP contribution in [0.3, 0.4) is 0 Å². The van der Waals surface area contributed by atoms with Gasteiger partial charge in [-0.15, -0.1) is 0 Å². The molecule has 1 heterocycles. The fourth-order valence-corrected chi connectivity index (χ4v) is 3.27. The average molecular weight is 418 g/mol. The van der Waals surface area contributed by atoms with Crippen LogP contribution in [0.25, 0.3) is 0 Å². The monoisotopic (exact) mass is 418 g/mol. The fraction of sp³-hybridized carbons (Fsp3) is 0.167. The highest BCUT2D eigenvalue weighted by molar-refractivity contribution is 5.87. The Morgan fingerprint density at radius 3 is 2.35 bits per heavy atom. The Labute approximate surface area is 180 Å². The van der Waals surface area contributed by atoms with Crippen molar-refractivity contribution in [2.45, 2.75) is 12.2 Å². The molecule has 7 heteroatoms. The summed E-state index contributed by atoms with van der Waals surface area (Å²) in [7, 11) is 3.14. The standard InChI is InChI=1S/C24H22N2O5/c1-28-18-13-12-17(21(14-18)29-2)15-25-26-24(27)23-22(16-8-4-3-5-9-16)30-19-10-6-7-11-20(19)31-23/h3-15,22-23H,1-2H3,(H,26,27)/b25-15-/t22-,23-/m0/s1. The van der Waals surface area contributed by atoms with E-state index in [4.69, 9.17) is 18.9 Å². The number of methoxy groups -OCH3 is 2. The van der Waals surface area contributed by atoms with Gasteiger partial charge in [0, 0.05) is 11.6 Å². The summed E-state index contributed by atoms with van der Waals surface area (Å²) in [5.74, 6) is 1.91. The number of nitrogens with one attached hydrogen (secondary N) is 1. The molecule has 0 aliphatic carbocycles. The van der Waals surface area contributed by atoms with E-state index in [1.54, 1.807) is 38.5 Å². The predicted octanol–water partition coefficient (Wildman–Crippen LogP) is 3.74. The molecule has 3 aromatic carbocycles. The molecule has 158 valence electrons. The Bertz CT molecular complexity index is 1080. The number of carbonyl (C=O) groups is 1. The molecule has 0 aromatic heterocycles. The van der Waals surface area contributed by atoms with Crippen molar-refractivity contribution in [3.63, 3.8) is 0 Å². The predicted molar refractivity (Wildman–Crippen MR) is 116 cm³/mol. The van der Waals surface area contributed by atoms with Crippen LogP contribution in [0.2, 0.25) is 0 Å². The summed E-state index contributed by atoms with van der Waals surface area (Å²) in [6, 6.07) is 22.1. The zero-order chi connectivity index (χ0) is 21.6. The molecule has 1 aliphatic heterocycles. The molecule has 0 unspecified atom stereocenters. The highest BCUT2D eigenvalue weighted by atomic mass is 16.6. The van der Waals surface area contributed by atoms with Crippen LogP contribution in [0.4, 0.5) is 0 Å². The van der Waals surface area contributed by atoms with Gasteiger partial charge in [-0.2, -0.15) is 5.10 Å². The molecule has 7 nitrogen and oxygen atoms in total. The quantitative estimate of drug-likeness (QED) is 0.487. The van der Waals surface area contributed by atoms with Crippen molar-refractivity contribution in [3.8, 4) is 23.0 Å². The van der Waals surface area contributed by atoms with Gasteiger partial charge >= 0.3 is 0 Å². The van der Waals surface area contributed by atoms with Crippen LogP contribution in [0.15, 0.2) is 77.9 Å². The maximum absolute atomic E-state index is 13.0. The molecule has 2 atom stereocenters. The number of para-hydroxylation sites is 2. The van der Waals surface area contributed by atoms with Crippen LogP contribution in [0.5, 0.6) is 23.0 Å².